The molecule has 1 aromatic rings. The highest BCUT2D eigenvalue weighted by molar-refractivity contribution is 9.10. The Hall–Kier alpha value is -1.07. The van der Waals surface area contributed by atoms with E-state index in [1.807, 2.05) is 0 Å². The zero-order valence-corrected chi connectivity index (χ0v) is 13.2. The van der Waals surface area contributed by atoms with Crippen molar-refractivity contribution >= 4 is 39.4 Å². The van der Waals surface area contributed by atoms with Crippen molar-refractivity contribution in [2.45, 2.75) is 26.3 Å². The van der Waals surface area contributed by atoms with Gasteiger partial charge in [0.05, 0.1) is 5.56 Å². The average Bonchev–Trinajstić information content (AvgIpc) is 2.32. The van der Waals surface area contributed by atoms with Crippen LogP contribution in [0.4, 0.5) is 0 Å². The minimum atomic E-state index is -1.28. The van der Waals surface area contributed by atoms with Crippen LogP contribution in [0.2, 0.25) is 5.02 Å². The molecule has 104 valence electrons. The van der Waals surface area contributed by atoms with Crippen molar-refractivity contribution in [2.75, 3.05) is 6.54 Å². The Labute approximate surface area is 125 Å². The van der Waals surface area contributed by atoms with E-state index in [1.54, 1.807) is 19.1 Å². The summed E-state index contributed by atoms with van der Waals surface area (Å²) in [5.74, 6) is -1.43. The molecule has 0 bridgehead atoms. The summed E-state index contributed by atoms with van der Waals surface area (Å²) in [4.78, 5) is 25.0. The van der Waals surface area contributed by atoms with Gasteiger partial charge in [-0.3, -0.25) is 4.79 Å². The number of rotatable bonds is 4. The molecule has 0 spiro atoms. The third kappa shape index (κ3) is 3.28. The molecular formula is C13H15BrClNO3. The number of carbonyl (C=O) groups is 2. The van der Waals surface area contributed by atoms with Crippen LogP contribution in [0.15, 0.2) is 22.7 Å². The number of halogens is 2. The van der Waals surface area contributed by atoms with Crippen molar-refractivity contribution in [1.82, 2.24) is 4.90 Å². The Morgan fingerprint density at radius 2 is 2.00 bits per heavy atom. The van der Waals surface area contributed by atoms with E-state index in [1.165, 1.54) is 24.8 Å². The van der Waals surface area contributed by atoms with Gasteiger partial charge in [-0.15, -0.1) is 0 Å². The predicted octanol–water partition coefficient (Wildman–Crippen LogP) is 3.43. The maximum Gasteiger partial charge on any atom is 0.329 e. The number of hydrogen-bond donors (Lipinski definition) is 1. The maximum absolute atomic E-state index is 12.5. The first-order valence-electron chi connectivity index (χ1n) is 5.72. The van der Waals surface area contributed by atoms with E-state index < -0.39 is 11.5 Å². The maximum atomic E-state index is 12.5. The number of nitrogens with zero attached hydrogens (tertiary/aromatic N) is 1. The fourth-order valence-corrected chi connectivity index (χ4v) is 2.30. The lowest BCUT2D eigenvalue weighted by Gasteiger charge is -2.34. The zero-order chi connectivity index (χ0) is 14.8. The van der Waals surface area contributed by atoms with Crippen LogP contribution >= 0.6 is 27.5 Å². The van der Waals surface area contributed by atoms with Crippen molar-refractivity contribution in [3.05, 3.63) is 33.3 Å². The first kappa shape index (κ1) is 16.0. The van der Waals surface area contributed by atoms with Gasteiger partial charge in [0.2, 0.25) is 0 Å². The lowest BCUT2D eigenvalue weighted by molar-refractivity contribution is -0.147. The molecule has 1 N–H and O–H groups in total. The Kier molecular flexibility index (Phi) is 4.98. The zero-order valence-electron chi connectivity index (χ0n) is 10.9. The summed E-state index contributed by atoms with van der Waals surface area (Å²) < 4.78 is 0.585. The van der Waals surface area contributed by atoms with Gasteiger partial charge < -0.3 is 10.0 Å². The first-order valence-corrected chi connectivity index (χ1v) is 6.89. The number of benzene rings is 1. The molecule has 0 aliphatic rings. The van der Waals surface area contributed by atoms with Crippen LogP contribution in [-0.2, 0) is 4.79 Å². The third-order valence-electron chi connectivity index (χ3n) is 2.92. The molecule has 1 amide bonds. The van der Waals surface area contributed by atoms with E-state index in [2.05, 4.69) is 15.9 Å². The lowest BCUT2D eigenvalue weighted by Crippen LogP contribution is -2.53. The lowest BCUT2D eigenvalue weighted by atomic mass is 10.0. The largest absolute Gasteiger partial charge is 0.480 e. The van der Waals surface area contributed by atoms with Crippen LogP contribution in [0.5, 0.6) is 0 Å². The summed E-state index contributed by atoms with van der Waals surface area (Å²) in [7, 11) is 0. The van der Waals surface area contributed by atoms with Crippen molar-refractivity contribution < 1.29 is 14.7 Å². The molecule has 4 nitrogen and oxygen atoms in total. The fourth-order valence-electron chi connectivity index (χ4n) is 1.71. The molecule has 0 aliphatic carbocycles. The second-order valence-electron chi connectivity index (χ2n) is 4.54. The van der Waals surface area contributed by atoms with Gasteiger partial charge in [0.25, 0.3) is 5.91 Å². The predicted molar refractivity (Wildman–Crippen MR) is 77.6 cm³/mol. The highest BCUT2D eigenvalue weighted by Crippen LogP contribution is 2.25. The van der Waals surface area contributed by atoms with Gasteiger partial charge in [-0.1, -0.05) is 11.6 Å². The van der Waals surface area contributed by atoms with Gasteiger partial charge >= 0.3 is 5.97 Å². The molecule has 0 unspecified atom stereocenters. The van der Waals surface area contributed by atoms with E-state index in [-0.39, 0.29) is 12.5 Å². The Balaban J connectivity index is 3.23. The molecule has 1 rings (SSSR count). The third-order valence-corrected chi connectivity index (χ3v) is 3.84. The van der Waals surface area contributed by atoms with E-state index in [0.29, 0.717) is 15.1 Å². The van der Waals surface area contributed by atoms with Crippen LogP contribution in [0.25, 0.3) is 0 Å². The molecule has 0 radical (unpaired) electrons. The Morgan fingerprint density at radius 1 is 1.42 bits per heavy atom. The number of carboxylic acid groups (broad SMARTS) is 1. The minimum Gasteiger partial charge on any atom is -0.480 e. The fraction of sp³-hybridized carbons (Fsp3) is 0.385. The molecule has 0 atom stereocenters. The highest BCUT2D eigenvalue weighted by atomic mass is 79.9. The summed E-state index contributed by atoms with van der Waals surface area (Å²) in [5, 5.41) is 9.66. The number of hydrogen-bond acceptors (Lipinski definition) is 2. The Bertz CT molecular complexity index is 517. The van der Waals surface area contributed by atoms with E-state index in [4.69, 9.17) is 11.6 Å². The number of carbonyl (C=O) groups excluding carboxylic acids is 1. The second kappa shape index (κ2) is 5.92. The molecule has 0 saturated heterocycles. The second-order valence-corrected chi connectivity index (χ2v) is 5.83. The number of amides is 1. The molecule has 0 fully saturated rings. The molecule has 19 heavy (non-hydrogen) atoms. The number of aliphatic carboxylic acids is 1. The number of likely N-dealkylation sites (N-methyl/N-ethyl adjacent to an activating group) is 1. The van der Waals surface area contributed by atoms with Crippen LogP contribution in [-0.4, -0.2) is 34.0 Å². The summed E-state index contributed by atoms with van der Waals surface area (Å²) >= 11 is 9.16. The highest BCUT2D eigenvalue weighted by Gasteiger charge is 2.37. The summed E-state index contributed by atoms with van der Waals surface area (Å²) in [5.41, 5.74) is -0.934. The van der Waals surface area contributed by atoms with Crippen LogP contribution < -0.4 is 0 Å². The van der Waals surface area contributed by atoms with Gasteiger partial charge in [-0.25, -0.2) is 4.79 Å². The van der Waals surface area contributed by atoms with E-state index in [0.717, 1.165) is 0 Å². The quantitative estimate of drug-likeness (QED) is 0.907. The average molecular weight is 349 g/mol. The van der Waals surface area contributed by atoms with Gasteiger partial charge in [0.15, 0.2) is 0 Å². The van der Waals surface area contributed by atoms with Crippen molar-refractivity contribution in [3.8, 4) is 0 Å². The monoisotopic (exact) mass is 347 g/mol. The van der Waals surface area contributed by atoms with Gasteiger partial charge in [0, 0.05) is 16.0 Å². The SMILES string of the molecule is CCN(C(=O)c1cc(Cl)ccc1Br)C(C)(C)C(=O)O. The molecule has 0 heterocycles. The first-order chi connectivity index (χ1) is 8.71. The number of carboxylic acids is 1. The molecular weight excluding hydrogens is 334 g/mol. The Morgan fingerprint density at radius 3 is 2.47 bits per heavy atom. The van der Waals surface area contributed by atoms with Crippen LogP contribution in [0, 0.1) is 0 Å². The molecule has 6 heteroatoms. The molecule has 0 saturated carbocycles. The smallest absolute Gasteiger partial charge is 0.329 e. The normalized spacial score (nSPS) is 11.2. The molecule has 0 aliphatic heterocycles. The standard InChI is InChI=1S/C13H15BrClNO3/c1-4-16(13(2,3)12(18)19)11(17)9-7-8(15)5-6-10(9)14/h5-7H,4H2,1-3H3,(H,18,19). The molecule has 1 aromatic carbocycles. The van der Waals surface area contributed by atoms with Crippen LogP contribution in [0.1, 0.15) is 31.1 Å². The van der Waals surface area contributed by atoms with Crippen LogP contribution in [0.3, 0.4) is 0 Å². The topological polar surface area (TPSA) is 57.6 Å². The van der Waals surface area contributed by atoms with Gasteiger partial charge in [-0.05, 0) is 54.9 Å². The molecule has 0 aromatic heterocycles. The summed E-state index contributed by atoms with van der Waals surface area (Å²) in [6.45, 7) is 5.02. The van der Waals surface area contributed by atoms with E-state index >= 15 is 0 Å². The van der Waals surface area contributed by atoms with E-state index in [9.17, 15) is 14.7 Å². The summed E-state index contributed by atoms with van der Waals surface area (Å²) in [6.07, 6.45) is 0. The minimum absolute atomic E-state index is 0.289. The summed E-state index contributed by atoms with van der Waals surface area (Å²) in [6, 6.07) is 4.84. The van der Waals surface area contributed by atoms with Crippen molar-refractivity contribution in [1.29, 1.82) is 0 Å². The van der Waals surface area contributed by atoms with Crippen molar-refractivity contribution in [2.24, 2.45) is 0 Å². The van der Waals surface area contributed by atoms with Crippen molar-refractivity contribution in [3.63, 3.8) is 0 Å². The van der Waals surface area contributed by atoms with Gasteiger partial charge in [-0.2, -0.15) is 0 Å². The van der Waals surface area contributed by atoms with Gasteiger partial charge in [0.1, 0.15) is 5.54 Å².